The Labute approximate surface area is 243 Å². The second-order valence-electron chi connectivity index (χ2n) is 11.1. The van der Waals surface area contributed by atoms with E-state index >= 15 is 0 Å². The topological polar surface area (TPSA) is 56.1 Å². The maximum Gasteiger partial charge on any atom is 0.162 e. The average molecular weight is 546 g/mol. The molecule has 4 aromatic rings. The van der Waals surface area contributed by atoms with Crippen LogP contribution in [0.5, 0.6) is 11.5 Å². The third-order valence-electron chi connectivity index (χ3n) is 6.67. The number of benzene rings is 2. The number of nitrogens with zero attached hydrogens (tertiary/aromatic N) is 5. The van der Waals surface area contributed by atoms with E-state index < -0.39 is 6.02 Å². The Hall–Kier alpha value is -3.25. The Morgan fingerprint density at radius 1 is 0.925 bits per heavy atom. The molecule has 0 radical (unpaired) electrons. The smallest absolute Gasteiger partial charge is 0.162 e. The predicted octanol–water partition coefficient (Wildman–Crippen LogP) is 8.95. The van der Waals surface area contributed by atoms with Crippen LogP contribution in [0.1, 0.15) is 85.8 Å². The highest BCUT2D eigenvalue weighted by molar-refractivity contribution is 5.93. The SMILES string of the molecule is CC.CC.[3H]C1(n2nc(-c3ccc(Oc4ccccc4)c(C)c3)c3c(C)nc(C)nc32)CCN(CC(C)(C)C)CC1. The van der Waals surface area contributed by atoms with Crippen LogP contribution < -0.4 is 4.74 Å². The molecule has 5 rings (SSSR count). The number of aryl methyl sites for hydroxylation is 3. The van der Waals surface area contributed by atoms with Gasteiger partial charge in [-0.3, -0.25) is 0 Å². The minimum atomic E-state index is -0.844. The molecule has 6 nitrogen and oxygen atoms in total. The molecule has 0 amide bonds. The van der Waals surface area contributed by atoms with Gasteiger partial charge < -0.3 is 9.64 Å². The molecule has 216 valence electrons. The molecule has 3 heterocycles. The maximum atomic E-state index is 9.48. The highest BCUT2D eigenvalue weighted by Crippen LogP contribution is 2.36. The lowest BCUT2D eigenvalue weighted by Gasteiger charge is -2.36. The third-order valence-corrected chi connectivity index (χ3v) is 6.67. The Morgan fingerprint density at radius 3 is 2.17 bits per heavy atom. The largest absolute Gasteiger partial charge is 0.457 e. The number of aromatic nitrogens is 4. The van der Waals surface area contributed by atoms with Gasteiger partial charge in [0.05, 0.1) is 18.5 Å². The van der Waals surface area contributed by atoms with Crippen LogP contribution in [0.2, 0.25) is 0 Å². The van der Waals surface area contributed by atoms with Crippen LogP contribution in [0.3, 0.4) is 0 Å². The number of para-hydroxylation sites is 1. The van der Waals surface area contributed by atoms with Gasteiger partial charge in [-0.2, -0.15) is 5.10 Å². The van der Waals surface area contributed by atoms with E-state index in [0.29, 0.717) is 18.7 Å². The van der Waals surface area contributed by atoms with Crippen molar-refractivity contribution in [2.24, 2.45) is 5.41 Å². The first-order valence-corrected chi connectivity index (χ1v) is 14.8. The second-order valence-corrected chi connectivity index (χ2v) is 11.1. The zero-order valence-electron chi connectivity index (χ0n) is 27.3. The molecule has 0 atom stereocenters. The van der Waals surface area contributed by atoms with Gasteiger partial charge in [-0.25, -0.2) is 14.6 Å². The minimum Gasteiger partial charge on any atom is -0.457 e. The van der Waals surface area contributed by atoms with E-state index in [1.54, 1.807) is 0 Å². The number of ether oxygens (including phenoxy) is 1. The van der Waals surface area contributed by atoms with Crippen molar-refractivity contribution in [3.63, 3.8) is 0 Å². The van der Waals surface area contributed by atoms with Gasteiger partial charge in [0.2, 0.25) is 0 Å². The van der Waals surface area contributed by atoms with Gasteiger partial charge >= 0.3 is 0 Å². The van der Waals surface area contributed by atoms with E-state index in [1.807, 2.05) is 95.6 Å². The highest BCUT2D eigenvalue weighted by atomic mass is 16.5. The van der Waals surface area contributed by atoms with Crippen LogP contribution in [0.15, 0.2) is 48.5 Å². The number of likely N-dealkylation sites (tertiary alicyclic amines) is 1. The van der Waals surface area contributed by atoms with Crippen LogP contribution >= 0.6 is 0 Å². The van der Waals surface area contributed by atoms with Gasteiger partial charge in [-0.1, -0.05) is 66.7 Å². The van der Waals surface area contributed by atoms with Gasteiger partial charge in [0, 0.05) is 25.2 Å². The van der Waals surface area contributed by atoms with Crippen LogP contribution in [0, 0.1) is 26.2 Å². The molecule has 0 saturated carbocycles. The lowest BCUT2D eigenvalue weighted by Crippen LogP contribution is -2.39. The molecule has 2 aromatic heterocycles. The van der Waals surface area contributed by atoms with Gasteiger partial charge in [0.15, 0.2) is 5.65 Å². The molecule has 0 spiro atoms. The molecule has 6 heteroatoms. The van der Waals surface area contributed by atoms with Crippen molar-refractivity contribution >= 4 is 11.0 Å². The van der Waals surface area contributed by atoms with E-state index in [2.05, 4.69) is 36.7 Å². The molecule has 0 N–H and O–H groups in total. The minimum absolute atomic E-state index is 0.239. The fourth-order valence-corrected chi connectivity index (χ4v) is 5.12. The predicted molar refractivity (Wildman–Crippen MR) is 168 cm³/mol. The summed E-state index contributed by atoms with van der Waals surface area (Å²) in [6.07, 6.45) is 1.43. The van der Waals surface area contributed by atoms with Crippen molar-refractivity contribution < 1.29 is 6.11 Å². The van der Waals surface area contributed by atoms with Crippen LogP contribution in [0.4, 0.5) is 0 Å². The lowest BCUT2D eigenvalue weighted by atomic mass is 9.94. The Balaban J connectivity index is 0.00000111. The summed E-state index contributed by atoms with van der Waals surface area (Å²) >= 11 is 0. The summed E-state index contributed by atoms with van der Waals surface area (Å²) in [4.78, 5) is 11.9. The normalized spacial score (nSPS) is 15.4. The number of rotatable bonds is 5. The van der Waals surface area contributed by atoms with Crippen molar-refractivity contribution in [2.75, 3.05) is 19.6 Å². The molecule has 40 heavy (non-hydrogen) atoms. The van der Waals surface area contributed by atoms with Crippen molar-refractivity contribution in [3.05, 3.63) is 65.6 Å². The van der Waals surface area contributed by atoms with Gasteiger partial charge in [0.1, 0.15) is 23.0 Å². The van der Waals surface area contributed by atoms with Crippen LogP contribution in [-0.2, 0) is 0 Å². The van der Waals surface area contributed by atoms with Crippen molar-refractivity contribution in [2.45, 2.75) is 88.1 Å². The van der Waals surface area contributed by atoms with Gasteiger partial charge in [0.25, 0.3) is 0 Å². The summed E-state index contributed by atoms with van der Waals surface area (Å²) in [5, 5.41) is 6.00. The Kier molecular flexibility index (Phi) is 10.3. The molecule has 2 aromatic carbocycles. The highest BCUT2D eigenvalue weighted by Gasteiger charge is 2.28. The summed E-state index contributed by atoms with van der Waals surface area (Å²) in [6, 6.07) is 15.1. The number of hydrogen-bond acceptors (Lipinski definition) is 5. The molecule has 1 aliphatic heterocycles. The molecule has 0 aliphatic carbocycles. The lowest BCUT2D eigenvalue weighted by molar-refractivity contribution is 0.136. The van der Waals surface area contributed by atoms with Gasteiger partial charge in [-0.15, -0.1) is 0 Å². The fraction of sp³-hybridized carbons (Fsp3) is 0.500. The summed E-state index contributed by atoms with van der Waals surface area (Å²) in [6.45, 7) is 23.6. The average Bonchev–Trinajstić information content (AvgIpc) is 3.34. The first-order chi connectivity index (χ1) is 19.5. The molecular weight excluding hydrogens is 494 g/mol. The molecular formula is C34H49N5O. The monoisotopic (exact) mass is 545 g/mol. The van der Waals surface area contributed by atoms with Crippen molar-refractivity contribution in [3.8, 4) is 22.8 Å². The van der Waals surface area contributed by atoms with Gasteiger partial charge in [-0.05, 0) is 74.9 Å². The van der Waals surface area contributed by atoms with Crippen molar-refractivity contribution in [1.82, 2.24) is 24.6 Å². The van der Waals surface area contributed by atoms with E-state index in [9.17, 15) is 1.37 Å². The van der Waals surface area contributed by atoms with E-state index in [1.165, 1.54) is 0 Å². The zero-order valence-corrected chi connectivity index (χ0v) is 26.3. The second kappa shape index (κ2) is 13.9. The first-order valence-electron chi connectivity index (χ1n) is 15.3. The van der Waals surface area contributed by atoms with Crippen molar-refractivity contribution in [1.29, 1.82) is 0 Å². The van der Waals surface area contributed by atoms with E-state index in [4.69, 9.17) is 14.8 Å². The Morgan fingerprint density at radius 2 is 1.57 bits per heavy atom. The van der Waals surface area contributed by atoms with E-state index in [-0.39, 0.29) is 5.41 Å². The molecule has 1 saturated heterocycles. The summed E-state index contributed by atoms with van der Waals surface area (Å²) in [5.74, 6) is 2.32. The summed E-state index contributed by atoms with van der Waals surface area (Å²) in [7, 11) is 0. The zero-order chi connectivity index (χ0) is 30.4. The fourth-order valence-electron chi connectivity index (χ4n) is 5.12. The standard InChI is InChI=1S/C30H37N5O.2C2H6/c1-20-18-23(12-13-26(20)36-25-10-8-7-9-11-25)28-27-21(2)31-22(3)32-29(27)35(33-28)24-14-16-34(17-15-24)19-30(4,5)6;2*1-2/h7-13,18,24H,14-17,19H2,1-6H3;2*1-2H3/i24T;;. The molecule has 1 fully saturated rings. The van der Waals surface area contributed by atoms with E-state index in [0.717, 1.165) is 64.7 Å². The molecule has 1 aliphatic rings. The summed E-state index contributed by atoms with van der Waals surface area (Å²) < 4.78 is 17.5. The first kappa shape index (κ1) is 29.7. The quantitative estimate of drug-likeness (QED) is 0.250. The van der Waals surface area contributed by atoms with Crippen LogP contribution in [0.25, 0.3) is 22.3 Å². The van der Waals surface area contributed by atoms with Crippen LogP contribution in [-0.4, -0.2) is 44.3 Å². The number of fused-ring (bicyclic) bond motifs is 1. The Bertz CT molecular complexity index is 1420. The third kappa shape index (κ3) is 7.48. The summed E-state index contributed by atoms with van der Waals surface area (Å²) in [5.41, 5.74) is 4.70. The number of piperidine rings is 1. The molecule has 0 bridgehead atoms. The molecule has 0 unspecified atom stereocenters. The maximum absolute atomic E-state index is 9.48. The number of hydrogen-bond donors (Lipinski definition) is 0.